The Morgan fingerprint density at radius 1 is 0.329 bits per heavy atom. The lowest BCUT2D eigenvalue weighted by atomic mass is 10.0. The molecule has 0 aliphatic rings. The van der Waals surface area contributed by atoms with Gasteiger partial charge < -0.3 is 20.3 Å². The molecule has 6 nitrogen and oxygen atoms in total. The third kappa shape index (κ3) is 67.5. The van der Waals surface area contributed by atoms with Gasteiger partial charge in [0.05, 0.1) is 25.4 Å². The molecular formula is C76H147NO5. The molecule has 0 aromatic carbocycles. The van der Waals surface area contributed by atoms with E-state index < -0.39 is 12.1 Å². The van der Waals surface area contributed by atoms with Crippen LogP contribution < -0.4 is 5.32 Å². The van der Waals surface area contributed by atoms with Crippen LogP contribution in [0.3, 0.4) is 0 Å². The van der Waals surface area contributed by atoms with Gasteiger partial charge >= 0.3 is 5.97 Å². The predicted octanol–water partition coefficient (Wildman–Crippen LogP) is 24.5. The maximum atomic E-state index is 12.5. The summed E-state index contributed by atoms with van der Waals surface area (Å²) < 4.78 is 5.51. The molecule has 0 bridgehead atoms. The summed E-state index contributed by atoms with van der Waals surface area (Å²) in [6.07, 6.45) is 91.0. The van der Waals surface area contributed by atoms with Gasteiger partial charge in [-0.15, -0.1) is 0 Å². The van der Waals surface area contributed by atoms with Gasteiger partial charge in [0.1, 0.15) is 0 Å². The van der Waals surface area contributed by atoms with Gasteiger partial charge in [-0.1, -0.05) is 359 Å². The Hall–Kier alpha value is -1.66. The summed E-state index contributed by atoms with van der Waals surface area (Å²) in [5.74, 6) is -0.0132. The lowest BCUT2D eigenvalue weighted by molar-refractivity contribution is -0.143. The Morgan fingerprint density at radius 2 is 0.573 bits per heavy atom. The molecule has 486 valence electrons. The molecule has 0 aliphatic carbocycles. The van der Waals surface area contributed by atoms with Crippen molar-refractivity contribution in [1.29, 1.82) is 0 Å². The molecule has 0 aromatic heterocycles. The highest BCUT2D eigenvalue weighted by molar-refractivity contribution is 5.76. The summed E-state index contributed by atoms with van der Waals surface area (Å²) in [6.45, 7) is 4.99. The first-order valence-electron chi connectivity index (χ1n) is 37.6. The van der Waals surface area contributed by atoms with Crippen molar-refractivity contribution < 1.29 is 24.5 Å². The number of rotatable bonds is 71. The molecule has 3 N–H and O–H groups in total. The molecule has 0 spiro atoms. The first-order chi connectivity index (χ1) is 40.5. The molecular weight excluding hydrogens is 1010 g/mol. The van der Waals surface area contributed by atoms with Crippen molar-refractivity contribution in [2.24, 2.45) is 0 Å². The minimum atomic E-state index is -0.664. The Morgan fingerprint density at radius 3 is 0.866 bits per heavy atom. The Kier molecular flexibility index (Phi) is 70.4. The second-order valence-electron chi connectivity index (χ2n) is 26.0. The summed E-state index contributed by atoms with van der Waals surface area (Å²) in [7, 11) is 0. The van der Waals surface area contributed by atoms with Crippen molar-refractivity contribution in [2.45, 2.75) is 437 Å². The molecule has 2 atom stereocenters. The van der Waals surface area contributed by atoms with Crippen molar-refractivity contribution >= 4 is 11.9 Å². The number of ether oxygens (including phenoxy) is 1. The lowest BCUT2D eigenvalue weighted by Crippen LogP contribution is -2.45. The van der Waals surface area contributed by atoms with Crippen molar-refractivity contribution in [3.05, 3.63) is 24.3 Å². The maximum Gasteiger partial charge on any atom is 0.305 e. The van der Waals surface area contributed by atoms with Crippen LogP contribution >= 0.6 is 0 Å². The summed E-state index contributed by atoms with van der Waals surface area (Å²) >= 11 is 0. The van der Waals surface area contributed by atoms with E-state index in [1.54, 1.807) is 0 Å². The topological polar surface area (TPSA) is 95.9 Å². The van der Waals surface area contributed by atoms with E-state index in [1.807, 2.05) is 0 Å². The normalized spacial score (nSPS) is 12.6. The minimum Gasteiger partial charge on any atom is -0.466 e. The quantitative estimate of drug-likeness (QED) is 0.0320. The first-order valence-corrected chi connectivity index (χ1v) is 37.6. The minimum absolute atomic E-state index is 0.0170. The van der Waals surface area contributed by atoms with Crippen LogP contribution in [0.15, 0.2) is 24.3 Å². The highest BCUT2D eigenvalue weighted by Gasteiger charge is 2.20. The molecule has 0 aliphatic heterocycles. The largest absolute Gasteiger partial charge is 0.466 e. The Labute approximate surface area is 513 Å². The van der Waals surface area contributed by atoms with Crippen LogP contribution in [0.5, 0.6) is 0 Å². The Bertz CT molecular complexity index is 1280. The van der Waals surface area contributed by atoms with Crippen LogP contribution in [0.2, 0.25) is 0 Å². The molecule has 0 saturated heterocycles. The van der Waals surface area contributed by atoms with Crippen molar-refractivity contribution in [3.63, 3.8) is 0 Å². The first kappa shape index (κ1) is 80.3. The number of aliphatic hydroxyl groups is 2. The lowest BCUT2D eigenvalue weighted by Gasteiger charge is -2.22. The molecule has 2 unspecified atom stereocenters. The van der Waals surface area contributed by atoms with E-state index in [0.717, 1.165) is 38.5 Å². The summed E-state index contributed by atoms with van der Waals surface area (Å²) in [6, 6.07) is -0.541. The zero-order valence-corrected chi connectivity index (χ0v) is 55.8. The van der Waals surface area contributed by atoms with Crippen LogP contribution in [-0.2, 0) is 14.3 Å². The van der Waals surface area contributed by atoms with Crippen molar-refractivity contribution in [3.8, 4) is 0 Å². The van der Waals surface area contributed by atoms with E-state index in [9.17, 15) is 19.8 Å². The van der Waals surface area contributed by atoms with Crippen LogP contribution in [0.4, 0.5) is 0 Å². The number of carbonyl (C=O) groups excluding carboxylic acids is 2. The summed E-state index contributed by atoms with van der Waals surface area (Å²) in [5, 5.41) is 23.4. The third-order valence-corrected chi connectivity index (χ3v) is 17.7. The number of hydrogen-bond acceptors (Lipinski definition) is 5. The second kappa shape index (κ2) is 71.8. The fourth-order valence-electron chi connectivity index (χ4n) is 12.0. The van der Waals surface area contributed by atoms with Gasteiger partial charge in [-0.3, -0.25) is 9.59 Å². The van der Waals surface area contributed by atoms with Gasteiger partial charge in [-0.25, -0.2) is 0 Å². The Balaban J connectivity index is 3.35. The molecule has 0 saturated carbocycles. The second-order valence-corrected chi connectivity index (χ2v) is 26.0. The number of carbonyl (C=O) groups is 2. The number of esters is 1. The predicted molar refractivity (Wildman–Crippen MR) is 361 cm³/mol. The standard InChI is InChI=1S/C76H147NO5/c1-3-5-7-9-11-13-15-17-19-21-33-38-42-46-50-54-58-62-66-70-76(81)82-71-67-63-59-55-51-47-43-39-35-32-30-28-26-24-22-23-25-27-29-31-34-37-41-45-49-53-57-61-65-69-75(80)77-73(72-78)74(79)68-64-60-56-52-48-44-40-36-20-18-16-14-12-10-8-6-4-2/h17,19,22,24,73-74,78-79H,3-16,18,20-21,23,25-72H2,1-2H3,(H,77,80)/b19-17-,24-22-. The molecule has 0 aromatic rings. The fraction of sp³-hybridized carbons (Fsp3) is 0.921. The molecule has 82 heavy (non-hydrogen) atoms. The zero-order chi connectivity index (χ0) is 59.2. The molecule has 0 radical (unpaired) electrons. The van der Waals surface area contributed by atoms with E-state index in [0.29, 0.717) is 25.9 Å². The van der Waals surface area contributed by atoms with Gasteiger partial charge in [-0.2, -0.15) is 0 Å². The van der Waals surface area contributed by atoms with E-state index in [2.05, 4.69) is 43.5 Å². The maximum absolute atomic E-state index is 12.5. The van der Waals surface area contributed by atoms with Crippen LogP contribution in [0.25, 0.3) is 0 Å². The summed E-state index contributed by atoms with van der Waals surface area (Å²) in [4.78, 5) is 24.7. The third-order valence-electron chi connectivity index (χ3n) is 17.7. The molecule has 0 fully saturated rings. The van der Waals surface area contributed by atoms with Gasteiger partial charge in [-0.05, 0) is 77.0 Å². The van der Waals surface area contributed by atoms with Crippen LogP contribution in [0, 0.1) is 0 Å². The van der Waals surface area contributed by atoms with Crippen LogP contribution in [0.1, 0.15) is 425 Å². The average Bonchev–Trinajstić information content (AvgIpc) is 3.48. The molecule has 0 heterocycles. The monoisotopic (exact) mass is 1150 g/mol. The van der Waals surface area contributed by atoms with Gasteiger partial charge in [0.2, 0.25) is 5.91 Å². The molecule has 6 heteroatoms. The number of amides is 1. The highest BCUT2D eigenvalue weighted by Crippen LogP contribution is 2.19. The van der Waals surface area contributed by atoms with E-state index in [1.165, 1.54) is 353 Å². The fourth-order valence-corrected chi connectivity index (χ4v) is 12.0. The van der Waals surface area contributed by atoms with E-state index in [-0.39, 0.29) is 18.5 Å². The van der Waals surface area contributed by atoms with Crippen molar-refractivity contribution in [1.82, 2.24) is 5.32 Å². The average molecular weight is 1160 g/mol. The molecule has 1 amide bonds. The van der Waals surface area contributed by atoms with Gasteiger partial charge in [0.25, 0.3) is 0 Å². The number of nitrogens with one attached hydrogen (secondary N) is 1. The number of unbranched alkanes of at least 4 members (excludes halogenated alkanes) is 56. The number of hydrogen-bond donors (Lipinski definition) is 3. The van der Waals surface area contributed by atoms with E-state index in [4.69, 9.17) is 4.74 Å². The SMILES string of the molecule is CCCCCCCC/C=C\CCCCCCCCCCCC(=O)OCCCCCCCCCCCCCC/C=C\CCCCCCCCCCCCCCCC(=O)NC(CO)C(O)CCCCCCCCCCCCCCCCCCC. The number of allylic oxidation sites excluding steroid dienone is 4. The van der Waals surface area contributed by atoms with Gasteiger partial charge in [0, 0.05) is 12.8 Å². The van der Waals surface area contributed by atoms with Crippen LogP contribution in [-0.4, -0.2) is 47.4 Å². The number of aliphatic hydroxyl groups excluding tert-OH is 2. The zero-order valence-electron chi connectivity index (χ0n) is 55.8. The summed E-state index contributed by atoms with van der Waals surface area (Å²) in [5.41, 5.74) is 0. The van der Waals surface area contributed by atoms with E-state index >= 15 is 0 Å². The smallest absolute Gasteiger partial charge is 0.305 e. The van der Waals surface area contributed by atoms with Crippen molar-refractivity contribution in [2.75, 3.05) is 13.2 Å². The van der Waals surface area contributed by atoms with Gasteiger partial charge in [0.15, 0.2) is 0 Å². The molecule has 0 rings (SSSR count). The highest BCUT2D eigenvalue weighted by atomic mass is 16.5.